The Hall–Kier alpha value is -2.28. The van der Waals surface area contributed by atoms with Gasteiger partial charge in [-0.2, -0.15) is 0 Å². The molecule has 2 atom stereocenters. The van der Waals surface area contributed by atoms with Crippen molar-refractivity contribution >= 4 is 5.71 Å². The zero-order chi connectivity index (χ0) is 21.5. The predicted octanol–water partition coefficient (Wildman–Crippen LogP) is 3.92. The zero-order valence-corrected chi connectivity index (χ0v) is 17.9. The number of aliphatic hydroxyl groups excluding tert-OH is 1. The molecule has 0 radical (unpaired) electrons. The summed E-state index contributed by atoms with van der Waals surface area (Å²) >= 11 is 0. The van der Waals surface area contributed by atoms with Crippen LogP contribution in [0, 0.1) is 12.7 Å². The lowest BCUT2D eigenvalue weighted by Gasteiger charge is -2.27. The molecule has 0 aliphatic carbocycles. The number of rotatable bonds is 10. The first-order valence-electron chi connectivity index (χ1n) is 10.5. The van der Waals surface area contributed by atoms with E-state index in [9.17, 15) is 9.50 Å². The van der Waals surface area contributed by atoms with Gasteiger partial charge in [-0.25, -0.2) is 4.39 Å². The third kappa shape index (κ3) is 6.62. The van der Waals surface area contributed by atoms with Crippen molar-refractivity contribution in [3.8, 4) is 0 Å². The predicted molar refractivity (Wildman–Crippen MR) is 116 cm³/mol. The van der Waals surface area contributed by atoms with Crippen molar-refractivity contribution in [2.75, 3.05) is 19.7 Å². The summed E-state index contributed by atoms with van der Waals surface area (Å²) in [5.41, 5.74) is 4.05. The molecule has 0 aromatic heterocycles. The van der Waals surface area contributed by atoms with Crippen molar-refractivity contribution in [3.63, 3.8) is 0 Å². The quantitative estimate of drug-likeness (QED) is 0.640. The van der Waals surface area contributed by atoms with Crippen LogP contribution >= 0.6 is 0 Å². The average molecular weight is 415 g/mol. The van der Waals surface area contributed by atoms with Crippen LogP contribution in [0.25, 0.3) is 0 Å². The highest BCUT2D eigenvalue weighted by Gasteiger charge is 2.26. The molecule has 1 aliphatic rings. The van der Waals surface area contributed by atoms with E-state index in [2.05, 4.69) is 29.1 Å². The van der Waals surface area contributed by atoms with Gasteiger partial charge >= 0.3 is 0 Å². The average Bonchev–Trinajstić information content (AvgIpc) is 3.15. The van der Waals surface area contributed by atoms with Gasteiger partial charge in [0.15, 0.2) is 0 Å². The number of nitrogens with zero attached hydrogens (tertiary/aromatic N) is 2. The molecule has 2 aromatic carbocycles. The zero-order valence-electron chi connectivity index (χ0n) is 17.9. The summed E-state index contributed by atoms with van der Waals surface area (Å²) in [6.07, 6.45) is -0.00614. The van der Waals surface area contributed by atoms with Gasteiger partial charge in [0.25, 0.3) is 0 Å². The molecule has 0 fully saturated rings. The van der Waals surface area contributed by atoms with E-state index >= 15 is 0 Å². The van der Waals surface area contributed by atoms with Gasteiger partial charge in [0.1, 0.15) is 11.9 Å². The molecule has 0 spiro atoms. The highest BCUT2D eigenvalue weighted by Crippen LogP contribution is 2.21. The first-order chi connectivity index (χ1) is 14.4. The van der Waals surface area contributed by atoms with Gasteiger partial charge in [0.2, 0.25) is 0 Å². The Kier molecular flexibility index (Phi) is 7.96. The summed E-state index contributed by atoms with van der Waals surface area (Å²) in [7, 11) is 0. The first-order valence-corrected chi connectivity index (χ1v) is 10.5. The summed E-state index contributed by atoms with van der Waals surface area (Å²) in [6.45, 7) is 7.69. The summed E-state index contributed by atoms with van der Waals surface area (Å²) in [6, 6.07) is 14.7. The lowest BCUT2D eigenvalue weighted by atomic mass is 10.00. The van der Waals surface area contributed by atoms with Gasteiger partial charge in [-0.15, -0.1) is 0 Å². The Morgan fingerprint density at radius 3 is 2.77 bits per heavy atom. The van der Waals surface area contributed by atoms with Crippen molar-refractivity contribution in [2.24, 2.45) is 5.16 Å². The molecule has 30 heavy (non-hydrogen) atoms. The van der Waals surface area contributed by atoms with E-state index < -0.39 is 6.10 Å². The van der Waals surface area contributed by atoms with Crippen molar-refractivity contribution < 1.29 is 19.1 Å². The topological polar surface area (TPSA) is 54.3 Å². The molecule has 1 heterocycles. The van der Waals surface area contributed by atoms with Crippen LogP contribution < -0.4 is 0 Å². The summed E-state index contributed by atoms with van der Waals surface area (Å²) < 4.78 is 19.2. The third-order valence-corrected chi connectivity index (χ3v) is 5.04. The van der Waals surface area contributed by atoms with Crippen LogP contribution in [0.2, 0.25) is 0 Å². The van der Waals surface area contributed by atoms with E-state index in [1.54, 1.807) is 6.07 Å². The van der Waals surface area contributed by atoms with Gasteiger partial charge in [0.05, 0.1) is 24.5 Å². The van der Waals surface area contributed by atoms with Crippen molar-refractivity contribution in [2.45, 2.75) is 52.0 Å². The van der Waals surface area contributed by atoms with Crippen LogP contribution in [0.1, 0.15) is 37.0 Å². The largest absolute Gasteiger partial charge is 0.390 e. The fraction of sp³-hybridized carbons (Fsp3) is 0.458. The van der Waals surface area contributed by atoms with Crippen LogP contribution in [-0.4, -0.2) is 53.7 Å². The second-order valence-corrected chi connectivity index (χ2v) is 8.14. The van der Waals surface area contributed by atoms with E-state index in [1.165, 1.54) is 17.7 Å². The number of ether oxygens (including phenoxy) is 1. The van der Waals surface area contributed by atoms with E-state index in [1.807, 2.05) is 32.0 Å². The molecule has 0 amide bonds. The SMILES string of the molecule is Cc1ccccc1C1=NO[C@H](CN(Cc2cccc(F)c2)C[C@@H](O)COC(C)C)C1. The molecule has 5 nitrogen and oxygen atoms in total. The Balaban J connectivity index is 1.64. The number of hydrogen-bond acceptors (Lipinski definition) is 5. The summed E-state index contributed by atoms with van der Waals surface area (Å²) in [4.78, 5) is 7.78. The van der Waals surface area contributed by atoms with E-state index in [4.69, 9.17) is 9.57 Å². The van der Waals surface area contributed by atoms with Crippen LogP contribution in [0.15, 0.2) is 53.7 Å². The van der Waals surface area contributed by atoms with Gasteiger partial charge in [-0.1, -0.05) is 41.6 Å². The van der Waals surface area contributed by atoms with Crippen LogP contribution in [0.4, 0.5) is 4.39 Å². The van der Waals surface area contributed by atoms with Gasteiger partial charge < -0.3 is 14.7 Å². The molecule has 6 heteroatoms. The molecule has 0 unspecified atom stereocenters. The number of hydrogen-bond donors (Lipinski definition) is 1. The maximum absolute atomic E-state index is 13.6. The molecular formula is C24H31FN2O3. The van der Waals surface area contributed by atoms with Crippen molar-refractivity contribution in [1.82, 2.24) is 4.90 Å². The Morgan fingerprint density at radius 2 is 2.03 bits per heavy atom. The monoisotopic (exact) mass is 414 g/mol. The van der Waals surface area contributed by atoms with Crippen LogP contribution in [-0.2, 0) is 16.1 Å². The second-order valence-electron chi connectivity index (χ2n) is 8.14. The summed E-state index contributed by atoms with van der Waals surface area (Å²) in [5, 5.41) is 14.7. The van der Waals surface area contributed by atoms with Crippen LogP contribution in [0.3, 0.4) is 0 Å². The lowest BCUT2D eigenvalue weighted by Crippen LogP contribution is -2.39. The fourth-order valence-electron chi connectivity index (χ4n) is 3.62. The maximum Gasteiger partial charge on any atom is 0.145 e. The Bertz CT molecular complexity index is 856. The van der Waals surface area contributed by atoms with E-state index in [-0.39, 0.29) is 24.6 Å². The lowest BCUT2D eigenvalue weighted by molar-refractivity contribution is -0.0194. The number of aliphatic hydroxyl groups is 1. The molecule has 0 bridgehead atoms. The Labute approximate surface area is 178 Å². The standard InChI is InChI=1S/C24H31FN2O3/c1-17(2)29-16-21(28)14-27(13-19-8-6-9-20(25)11-19)15-22-12-24(26-30-22)23-10-5-4-7-18(23)3/h4-11,17,21-22,28H,12-16H2,1-3H3/t21-,22+/m1/s1. The minimum Gasteiger partial charge on any atom is -0.390 e. The molecule has 0 saturated heterocycles. The van der Waals surface area contributed by atoms with E-state index in [0.29, 0.717) is 26.1 Å². The van der Waals surface area contributed by atoms with Gasteiger partial charge in [-0.05, 0) is 44.0 Å². The summed E-state index contributed by atoms with van der Waals surface area (Å²) in [5.74, 6) is -0.265. The molecule has 2 aromatic rings. The highest BCUT2D eigenvalue weighted by molar-refractivity contribution is 6.02. The maximum atomic E-state index is 13.6. The first kappa shape index (κ1) is 22.4. The molecule has 1 N–H and O–H groups in total. The van der Waals surface area contributed by atoms with Crippen LogP contribution in [0.5, 0.6) is 0 Å². The second kappa shape index (κ2) is 10.7. The minimum absolute atomic E-state index is 0.0551. The number of oxime groups is 1. The molecule has 3 rings (SSSR count). The molecular weight excluding hydrogens is 383 g/mol. The number of benzene rings is 2. The van der Waals surface area contributed by atoms with Gasteiger partial charge in [0, 0.05) is 31.6 Å². The molecule has 1 aliphatic heterocycles. The smallest absolute Gasteiger partial charge is 0.145 e. The van der Waals surface area contributed by atoms with E-state index in [0.717, 1.165) is 16.8 Å². The van der Waals surface area contributed by atoms with Crippen molar-refractivity contribution in [3.05, 3.63) is 71.0 Å². The normalized spacial score (nSPS) is 17.3. The third-order valence-electron chi connectivity index (χ3n) is 5.04. The van der Waals surface area contributed by atoms with Gasteiger partial charge in [-0.3, -0.25) is 4.90 Å². The number of aryl methyl sites for hydroxylation is 1. The minimum atomic E-state index is -0.640. The number of halogens is 1. The van der Waals surface area contributed by atoms with Crippen molar-refractivity contribution in [1.29, 1.82) is 0 Å². The Morgan fingerprint density at radius 1 is 1.23 bits per heavy atom. The highest BCUT2D eigenvalue weighted by atomic mass is 19.1. The molecule has 0 saturated carbocycles. The molecule has 162 valence electrons. The fourth-order valence-corrected chi connectivity index (χ4v) is 3.62.